The van der Waals surface area contributed by atoms with Crippen molar-refractivity contribution < 1.29 is 27.9 Å². The Labute approximate surface area is 159 Å². The monoisotopic (exact) mass is 395 g/mol. The second kappa shape index (κ2) is 6.96. The molecule has 1 N–H and O–H groups in total. The standard InChI is InChI=1S/C19H20F3N3O3/c1-12-4-6-13(7-5-12)25-15(19(20,21)22)14(10-23-25)16(26)24-9-3-8-18(2,11-24)17(27)28/h4-7,10H,3,8-9,11H2,1-2H3,(H,27,28). The number of carbonyl (C=O) groups is 2. The van der Waals surface area contributed by atoms with Crippen LogP contribution in [0.4, 0.5) is 13.2 Å². The molecule has 1 aromatic carbocycles. The van der Waals surface area contributed by atoms with Gasteiger partial charge >= 0.3 is 12.1 Å². The van der Waals surface area contributed by atoms with Crippen molar-refractivity contribution in [3.05, 3.63) is 47.3 Å². The predicted octanol–water partition coefficient (Wildman–Crippen LogP) is 3.53. The number of aromatic nitrogens is 2. The number of alkyl halides is 3. The van der Waals surface area contributed by atoms with Crippen LogP contribution in [0.2, 0.25) is 0 Å². The molecule has 0 bridgehead atoms. The maximum Gasteiger partial charge on any atom is 0.434 e. The molecular weight excluding hydrogens is 375 g/mol. The van der Waals surface area contributed by atoms with Gasteiger partial charge in [-0.15, -0.1) is 0 Å². The molecular formula is C19H20F3N3O3. The second-order valence-corrected chi connectivity index (χ2v) is 7.35. The van der Waals surface area contributed by atoms with Crippen molar-refractivity contribution >= 4 is 11.9 Å². The molecule has 1 amide bonds. The van der Waals surface area contributed by atoms with E-state index in [4.69, 9.17) is 0 Å². The van der Waals surface area contributed by atoms with E-state index in [-0.39, 0.29) is 18.8 Å². The zero-order valence-corrected chi connectivity index (χ0v) is 15.5. The number of carboxylic acid groups (broad SMARTS) is 1. The summed E-state index contributed by atoms with van der Waals surface area (Å²) < 4.78 is 42.1. The molecule has 1 aliphatic heterocycles. The molecule has 9 heteroatoms. The molecule has 0 aliphatic carbocycles. The van der Waals surface area contributed by atoms with Crippen LogP contribution in [0.5, 0.6) is 0 Å². The molecule has 150 valence electrons. The number of hydrogen-bond acceptors (Lipinski definition) is 3. The fraction of sp³-hybridized carbons (Fsp3) is 0.421. The van der Waals surface area contributed by atoms with E-state index in [0.29, 0.717) is 17.5 Å². The number of carbonyl (C=O) groups excluding carboxylic acids is 1. The van der Waals surface area contributed by atoms with Crippen molar-refractivity contribution in [2.45, 2.75) is 32.9 Å². The highest BCUT2D eigenvalue weighted by atomic mass is 19.4. The average Bonchev–Trinajstić information content (AvgIpc) is 3.07. The van der Waals surface area contributed by atoms with Gasteiger partial charge in [0.25, 0.3) is 5.91 Å². The Morgan fingerprint density at radius 2 is 1.86 bits per heavy atom. The van der Waals surface area contributed by atoms with Crippen LogP contribution in [-0.4, -0.2) is 44.8 Å². The summed E-state index contributed by atoms with van der Waals surface area (Å²) in [7, 11) is 0. The number of nitrogens with zero attached hydrogens (tertiary/aromatic N) is 3. The van der Waals surface area contributed by atoms with Gasteiger partial charge in [0.05, 0.1) is 22.9 Å². The van der Waals surface area contributed by atoms with E-state index in [1.807, 2.05) is 6.92 Å². The summed E-state index contributed by atoms with van der Waals surface area (Å²) >= 11 is 0. The summed E-state index contributed by atoms with van der Waals surface area (Å²) in [4.78, 5) is 25.5. The largest absolute Gasteiger partial charge is 0.481 e. The number of benzene rings is 1. The van der Waals surface area contributed by atoms with Gasteiger partial charge in [0.1, 0.15) is 0 Å². The Morgan fingerprint density at radius 3 is 2.43 bits per heavy atom. The number of halogens is 3. The van der Waals surface area contributed by atoms with Gasteiger partial charge in [-0.3, -0.25) is 9.59 Å². The minimum absolute atomic E-state index is 0.145. The molecule has 6 nitrogen and oxygen atoms in total. The van der Waals surface area contributed by atoms with Gasteiger partial charge in [0, 0.05) is 13.1 Å². The zero-order chi connectivity index (χ0) is 20.7. The van der Waals surface area contributed by atoms with Crippen molar-refractivity contribution in [1.29, 1.82) is 0 Å². The molecule has 0 saturated carbocycles. The Bertz CT molecular complexity index is 905. The summed E-state index contributed by atoms with van der Waals surface area (Å²) in [5.41, 5.74) is -1.86. The first-order chi connectivity index (χ1) is 13.0. The summed E-state index contributed by atoms with van der Waals surface area (Å²) in [6, 6.07) is 6.30. The maximum atomic E-state index is 13.8. The van der Waals surface area contributed by atoms with E-state index in [1.165, 1.54) is 24.0 Å². The number of amides is 1. The van der Waals surface area contributed by atoms with Gasteiger partial charge in [-0.25, -0.2) is 4.68 Å². The third kappa shape index (κ3) is 3.61. The molecule has 2 aromatic rings. The topological polar surface area (TPSA) is 75.4 Å². The number of aliphatic carboxylic acids is 1. The van der Waals surface area contributed by atoms with E-state index in [2.05, 4.69) is 5.10 Å². The number of piperidine rings is 1. The Hall–Kier alpha value is -2.84. The molecule has 1 atom stereocenters. The van der Waals surface area contributed by atoms with Gasteiger partial charge in [-0.05, 0) is 38.8 Å². The summed E-state index contributed by atoms with van der Waals surface area (Å²) in [6.07, 6.45) is -3.14. The molecule has 0 spiro atoms. The normalized spacial score (nSPS) is 20.2. The number of likely N-dealkylation sites (tertiary alicyclic amines) is 1. The van der Waals surface area contributed by atoms with E-state index in [0.717, 1.165) is 11.8 Å². The number of aryl methyl sites for hydroxylation is 1. The summed E-state index contributed by atoms with van der Waals surface area (Å²) in [5.74, 6) is -1.94. The van der Waals surface area contributed by atoms with E-state index in [9.17, 15) is 27.9 Å². The molecule has 1 unspecified atom stereocenters. The summed E-state index contributed by atoms with van der Waals surface area (Å²) in [5, 5.41) is 13.2. The Morgan fingerprint density at radius 1 is 1.21 bits per heavy atom. The van der Waals surface area contributed by atoms with Gasteiger partial charge in [0.2, 0.25) is 0 Å². The van der Waals surface area contributed by atoms with Crippen LogP contribution in [0, 0.1) is 12.3 Å². The van der Waals surface area contributed by atoms with Gasteiger partial charge in [0.15, 0.2) is 5.69 Å². The first-order valence-electron chi connectivity index (χ1n) is 8.78. The molecule has 1 aromatic heterocycles. The lowest BCUT2D eigenvalue weighted by atomic mass is 9.82. The van der Waals surface area contributed by atoms with E-state index >= 15 is 0 Å². The fourth-order valence-electron chi connectivity index (χ4n) is 3.42. The lowest BCUT2D eigenvalue weighted by Gasteiger charge is -2.37. The fourth-order valence-corrected chi connectivity index (χ4v) is 3.42. The number of carboxylic acids is 1. The number of hydrogen-bond donors (Lipinski definition) is 1. The molecule has 0 radical (unpaired) electrons. The van der Waals surface area contributed by atoms with Crippen LogP contribution in [0.3, 0.4) is 0 Å². The van der Waals surface area contributed by atoms with Crippen molar-refractivity contribution in [2.75, 3.05) is 13.1 Å². The highest BCUT2D eigenvalue weighted by molar-refractivity contribution is 5.96. The molecule has 3 rings (SSSR count). The van der Waals surface area contributed by atoms with E-state index < -0.39 is 34.7 Å². The third-order valence-electron chi connectivity index (χ3n) is 5.05. The molecule has 1 fully saturated rings. The second-order valence-electron chi connectivity index (χ2n) is 7.35. The smallest absolute Gasteiger partial charge is 0.434 e. The van der Waals surface area contributed by atoms with Crippen molar-refractivity contribution in [3.8, 4) is 5.69 Å². The van der Waals surface area contributed by atoms with Gasteiger partial charge in [-0.2, -0.15) is 18.3 Å². The maximum absolute atomic E-state index is 13.8. The number of rotatable bonds is 3. The molecule has 1 saturated heterocycles. The first kappa shape index (κ1) is 19.9. The molecule has 2 heterocycles. The quantitative estimate of drug-likeness (QED) is 0.863. The van der Waals surface area contributed by atoms with Crippen molar-refractivity contribution in [3.63, 3.8) is 0 Å². The van der Waals surface area contributed by atoms with Crippen LogP contribution < -0.4 is 0 Å². The zero-order valence-electron chi connectivity index (χ0n) is 15.5. The van der Waals surface area contributed by atoms with Gasteiger partial charge in [-0.1, -0.05) is 17.7 Å². The predicted molar refractivity (Wildman–Crippen MR) is 94.2 cm³/mol. The molecule has 28 heavy (non-hydrogen) atoms. The highest BCUT2D eigenvalue weighted by Gasteiger charge is 2.44. The van der Waals surface area contributed by atoms with Crippen molar-refractivity contribution in [2.24, 2.45) is 5.41 Å². The van der Waals surface area contributed by atoms with Crippen LogP contribution >= 0.6 is 0 Å². The lowest BCUT2D eigenvalue weighted by molar-refractivity contribution is -0.150. The SMILES string of the molecule is Cc1ccc(-n2ncc(C(=O)N3CCCC(C)(C(=O)O)C3)c2C(F)(F)F)cc1. The lowest BCUT2D eigenvalue weighted by Crippen LogP contribution is -2.48. The van der Waals surface area contributed by atoms with Crippen LogP contribution in [0.15, 0.2) is 30.5 Å². The van der Waals surface area contributed by atoms with Gasteiger partial charge < -0.3 is 10.0 Å². The third-order valence-corrected chi connectivity index (χ3v) is 5.05. The highest BCUT2D eigenvalue weighted by Crippen LogP contribution is 2.36. The Balaban J connectivity index is 2.01. The first-order valence-corrected chi connectivity index (χ1v) is 8.78. The minimum Gasteiger partial charge on any atom is -0.481 e. The molecule has 1 aliphatic rings. The minimum atomic E-state index is -4.81. The summed E-state index contributed by atoms with van der Waals surface area (Å²) in [6.45, 7) is 3.36. The Kier molecular flexibility index (Phi) is 4.95. The average molecular weight is 395 g/mol. The van der Waals surface area contributed by atoms with Crippen LogP contribution in [-0.2, 0) is 11.0 Å². The van der Waals surface area contributed by atoms with Crippen LogP contribution in [0.1, 0.15) is 41.4 Å². The van der Waals surface area contributed by atoms with Crippen LogP contribution in [0.25, 0.3) is 5.69 Å². The van der Waals surface area contributed by atoms with Crippen molar-refractivity contribution in [1.82, 2.24) is 14.7 Å². The van der Waals surface area contributed by atoms with E-state index in [1.54, 1.807) is 12.1 Å².